The highest BCUT2D eigenvalue weighted by Gasteiger charge is 2.16. The number of rotatable bonds is 8. The van der Waals surface area contributed by atoms with Crippen LogP contribution in [0.5, 0.6) is 11.5 Å². The zero-order valence-electron chi connectivity index (χ0n) is 13.3. The van der Waals surface area contributed by atoms with Crippen LogP contribution in [0.15, 0.2) is 18.2 Å². The summed E-state index contributed by atoms with van der Waals surface area (Å²) in [6.07, 6.45) is 0.365. The molecule has 1 amide bonds. The van der Waals surface area contributed by atoms with E-state index in [0.29, 0.717) is 30.5 Å². The average Bonchev–Trinajstić information content (AvgIpc) is 2.46. The zero-order valence-corrected chi connectivity index (χ0v) is 13.3. The molecule has 1 unspecified atom stereocenters. The molecule has 1 atom stereocenters. The molecule has 0 saturated heterocycles. The maximum atomic E-state index is 12.0. The SMILES string of the molecule is COc1ccc(CN)cc1OC(C)C(=O)NCCC(C)C. The molecule has 1 aromatic rings. The van der Waals surface area contributed by atoms with Crippen molar-refractivity contribution in [3.05, 3.63) is 23.8 Å². The Morgan fingerprint density at radius 1 is 1.29 bits per heavy atom. The van der Waals surface area contributed by atoms with Gasteiger partial charge in [-0.1, -0.05) is 19.9 Å². The number of hydrogen-bond acceptors (Lipinski definition) is 4. The number of carbonyl (C=O) groups excluding carboxylic acids is 1. The van der Waals surface area contributed by atoms with Crippen molar-refractivity contribution in [2.75, 3.05) is 13.7 Å². The van der Waals surface area contributed by atoms with Crippen molar-refractivity contribution < 1.29 is 14.3 Å². The van der Waals surface area contributed by atoms with Gasteiger partial charge in [-0.25, -0.2) is 0 Å². The highest BCUT2D eigenvalue weighted by molar-refractivity contribution is 5.80. The molecule has 0 radical (unpaired) electrons. The summed E-state index contributed by atoms with van der Waals surface area (Å²) in [5.41, 5.74) is 6.55. The van der Waals surface area contributed by atoms with Crippen molar-refractivity contribution >= 4 is 5.91 Å². The van der Waals surface area contributed by atoms with Crippen molar-refractivity contribution in [2.45, 2.75) is 39.8 Å². The third-order valence-electron chi connectivity index (χ3n) is 3.16. The predicted octanol–water partition coefficient (Wildman–Crippen LogP) is 2.08. The van der Waals surface area contributed by atoms with E-state index in [1.165, 1.54) is 0 Å². The minimum Gasteiger partial charge on any atom is -0.493 e. The van der Waals surface area contributed by atoms with Crippen LogP contribution in [0.3, 0.4) is 0 Å². The van der Waals surface area contributed by atoms with Crippen LogP contribution >= 0.6 is 0 Å². The molecular weight excluding hydrogens is 268 g/mol. The van der Waals surface area contributed by atoms with Crippen LogP contribution < -0.4 is 20.5 Å². The fourth-order valence-corrected chi connectivity index (χ4v) is 1.81. The highest BCUT2D eigenvalue weighted by atomic mass is 16.5. The van der Waals surface area contributed by atoms with E-state index < -0.39 is 6.10 Å². The molecule has 5 nitrogen and oxygen atoms in total. The Kier molecular flexibility index (Phi) is 7.02. The molecule has 0 aromatic heterocycles. The van der Waals surface area contributed by atoms with Gasteiger partial charge in [-0.3, -0.25) is 4.79 Å². The van der Waals surface area contributed by atoms with Crippen molar-refractivity contribution in [3.63, 3.8) is 0 Å². The first-order chi connectivity index (χ1) is 9.97. The van der Waals surface area contributed by atoms with E-state index in [2.05, 4.69) is 19.2 Å². The fourth-order valence-electron chi connectivity index (χ4n) is 1.81. The molecule has 0 aliphatic heterocycles. The quantitative estimate of drug-likeness (QED) is 0.770. The van der Waals surface area contributed by atoms with Crippen LogP contribution in [0.2, 0.25) is 0 Å². The Morgan fingerprint density at radius 2 is 2.00 bits per heavy atom. The number of methoxy groups -OCH3 is 1. The summed E-state index contributed by atoms with van der Waals surface area (Å²) in [5, 5.41) is 2.87. The second-order valence-electron chi connectivity index (χ2n) is 5.42. The topological polar surface area (TPSA) is 73.6 Å². The van der Waals surface area contributed by atoms with E-state index >= 15 is 0 Å². The van der Waals surface area contributed by atoms with Crippen molar-refractivity contribution in [3.8, 4) is 11.5 Å². The number of ether oxygens (including phenoxy) is 2. The molecule has 1 rings (SSSR count). The lowest BCUT2D eigenvalue weighted by Gasteiger charge is -2.17. The number of carbonyl (C=O) groups is 1. The van der Waals surface area contributed by atoms with Gasteiger partial charge in [0.25, 0.3) is 5.91 Å². The van der Waals surface area contributed by atoms with E-state index in [4.69, 9.17) is 15.2 Å². The van der Waals surface area contributed by atoms with Crippen molar-refractivity contribution in [1.82, 2.24) is 5.32 Å². The number of nitrogens with two attached hydrogens (primary N) is 1. The second kappa shape index (κ2) is 8.52. The number of benzene rings is 1. The minimum atomic E-state index is -0.584. The summed E-state index contributed by atoms with van der Waals surface area (Å²) in [6.45, 7) is 7.03. The number of amides is 1. The molecule has 0 saturated carbocycles. The van der Waals surface area contributed by atoms with Crippen LogP contribution in [-0.4, -0.2) is 25.7 Å². The third-order valence-corrected chi connectivity index (χ3v) is 3.16. The van der Waals surface area contributed by atoms with E-state index in [0.717, 1.165) is 12.0 Å². The molecule has 1 aromatic carbocycles. The summed E-state index contributed by atoms with van der Waals surface area (Å²) in [6, 6.07) is 5.47. The Balaban J connectivity index is 2.64. The first-order valence-electron chi connectivity index (χ1n) is 7.29. The highest BCUT2D eigenvalue weighted by Crippen LogP contribution is 2.28. The van der Waals surface area contributed by atoms with Gasteiger partial charge in [-0.2, -0.15) is 0 Å². The molecule has 3 N–H and O–H groups in total. The van der Waals surface area contributed by atoms with E-state index in [-0.39, 0.29) is 5.91 Å². The molecule has 0 fully saturated rings. The van der Waals surface area contributed by atoms with Gasteiger partial charge in [0.1, 0.15) is 0 Å². The van der Waals surface area contributed by atoms with Crippen LogP contribution in [0, 0.1) is 5.92 Å². The first kappa shape index (κ1) is 17.3. The van der Waals surface area contributed by atoms with Crippen molar-refractivity contribution in [2.24, 2.45) is 11.7 Å². The Labute approximate surface area is 126 Å². The molecule has 5 heteroatoms. The third kappa shape index (κ3) is 5.63. The van der Waals surface area contributed by atoms with Gasteiger partial charge >= 0.3 is 0 Å². The average molecular weight is 294 g/mol. The van der Waals surface area contributed by atoms with Gasteiger partial charge in [0.15, 0.2) is 17.6 Å². The van der Waals surface area contributed by atoms with Crippen LogP contribution in [0.4, 0.5) is 0 Å². The molecule has 118 valence electrons. The Hall–Kier alpha value is -1.75. The molecule has 0 heterocycles. The molecule has 0 bridgehead atoms. The lowest BCUT2D eigenvalue weighted by atomic mass is 10.1. The van der Waals surface area contributed by atoms with Crippen LogP contribution in [0.25, 0.3) is 0 Å². The second-order valence-corrected chi connectivity index (χ2v) is 5.42. The van der Waals surface area contributed by atoms with Gasteiger partial charge < -0.3 is 20.5 Å². The molecule has 0 aliphatic carbocycles. The first-order valence-corrected chi connectivity index (χ1v) is 7.29. The van der Waals surface area contributed by atoms with E-state index in [9.17, 15) is 4.79 Å². The van der Waals surface area contributed by atoms with Crippen LogP contribution in [-0.2, 0) is 11.3 Å². The predicted molar refractivity (Wildman–Crippen MR) is 83.4 cm³/mol. The van der Waals surface area contributed by atoms with E-state index in [1.54, 1.807) is 26.2 Å². The van der Waals surface area contributed by atoms with Gasteiger partial charge in [-0.15, -0.1) is 0 Å². The maximum Gasteiger partial charge on any atom is 0.260 e. The molecular formula is C16H26N2O3. The van der Waals surface area contributed by atoms with Gasteiger partial charge in [0, 0.05) is 13.1 Å². The maximum absolute atomic E-state index is 12.0. The van der Waals surface area contributed by atoms with Gasteiger partial charge in [0.05, 0.1) is 7.11 Å². The largest absolute Gasteiger partial charge is 0.493 e. The Bertz CT molecular complexity index is 461. The normalized spacial score (nSPS) is 12.1. The van der Waals surface area contributed by atoms with E-state index in [1.807, 2.05) is 6.07 Å². The summed E-state index contributed by atoms with van der Waals surface area (Å²) in [7, 11) is 1.57. The zero-order chi connectivity index (χ0) is 15.8. The summed E-state index contributed by atoms with van der Waals surface area (Å²) in [5.74, 6) is 1.56. The summed E-state index contributed by atoms with van der Waals surface area (Å²) in [4.78, 5) is 12.0. The number of hydrogen-bond donors (Lipinski definition) is 2. The van der Waals surface area contributed by atoms with Gasteiger partial charge in [-0.05, 0) is 37.0 Å². The van der Waals surface area contributed by atoms with Gasteiger partial charge in [0.2, 0.25) is 0 Å². The summed E-state index contributed by atoms with van der Waals surface area (Å²) >= 11 is 0. The number of nitrogens with one attached hydrogen (secondary N) is 1. The van der Waals surface area contributed by atoms with Crippen LogP contribution in [0.1, 0.15) is 32.8 Å². The molecule has 0 aliphatic rings. The fraction of sp³-hybridized carbons (Fsp3) is 0.562. The van der Waals surface area contributed by atoms with Crippen molar-refractivity contribution in [1.29, 1.82) is 0 Å². The monoisotopic (exact) mass is 294 g/mol. The summed E-state index contributed by atoms with van der Waals surface area (Å²) < 4.78 is 10.9. The minimum absolute atomic E-state index is 0.129. The molecule has 0 spiro atoms. The Morgan fingerprint density at radius 3 is 2.57 bits per heavy atom. The smallest absolute Gasteiger partial charge is 0.260 e. The standard InChI is InChI=1S/C16H26N2O3/c1-11(2)7-8-18-16(19)12(3)21-15-9-13(10-17)5-6-14(15)20-4/h5-6,9,11-12H,7-8,10,17H2,1-4H3,(H,18,19). The molecule has 21 heavy (non-hydrogen) atoms. The lowest BCUT2D eigenvalue weighted by molar-refractivity contribution is -0.127. The lowest BCUT2D eigenvalue weighted by Crippen LogP contribution is -2.37.